The number of hydrogen-bond acceptors (Lipinski definition) is 3. The number of carbonyl (C=O) groups is 1. The molecule has 1 aliphatic heterocycles. The largest absolute Gasteiger partial charge is 0.349 e. The number of aromatic amines is 1. The molecular formula is C19H26N4O. The molecule has 1 fully saturated rings. The van der Waals surface area contributed by atoms with Gasteiger partial charge in [-0.2, -0.15) is 5.10 Å². The third-order valence-electron chi connectivity index (χ3n) is 5.00. The molecule has 0 unspecified atom stereocenters. The smallest absolute Gasteiger partial charge is 0.271 e. The molecule has 2 aromatic rings. The minimum atomic E-state index is -0.0984. The standard InChI is InChI=1S/C19H26N4O/c1-3-16-12-17(22-21-16)18(24)20-14-19(2)10-7-11-23(19)13-15-8-5-4-6-9-15/h4-6,8-9,12H,3,7,10-11,13-14H2,1-2H3,(H,20,24)(H,21,22)/t19-/m1/s1. The molecule has 2 heterocycles. The second kappa shape index (κ2) is 7.18. The van der Waals surface area contributed by atoms with Crippen molar-refractivity contribution in [2.24, 2.45) is 0 Å². The fraction of sp³-hybridized carbons (Fsp3) is 0.474. The predicted octanol–water partition coefficient (Wildman–Crippen LogP) is 2.76. The van der Waals surface area contributed by atoms with Crippen LogP contribution in [0.1, 0.15) is 48.4 Å². The Hall–Kier alpha value is -2.14. The Morgan fingerprint density at radius 2 is 2.17 bits per heavy atom. The van der Waals surface area contributed by atoms with E-state index in [-0.39, 0.29) is 11.4 Å². The quantitative estimate of drug-likeness (QED) is 0.858. The number of likely N-dealkylation sites (tertiary alicyclic amines) is 1. The van der Waals surface area contributed by atoms with E-state index in [2.05, 4.69) is 51.6 Å². The lowest BCUT2D eigenvalue weighted by atomic mass is 9.98. The molecule has 0 bridgehead atoms. The van der Waals surface area contributed by atoms with Crippen LogP contribution >= 0.6 is 0 Å². The first-order valence-corrected chi connectivity index (χ1v) is 8.72. The van der Waals surface area contributed by atoms with Gasteiger partial charge in [0.25, 0.3) is 5.91 Å². The molecule has 128 valence electrons. The van der Waals surface area contributed by atoms with E-state index < -0.39 is 0 Å². The summed E-state index contributed by atoms with van der Waals surface area (Å²) in [5, 5.41) is 10.1. The average molecular weight is 326 g/mol. The van der Waals surface area contributed by atoms with Gasteiger partial charge < -0.3 is 5.32 Å². The van der Waals surface area contributed by atoms with Crippen molar-refractivity contribution in [3.8, 4) is 0 Å². The second-order valence-electron chi connectivity index (χ2n) is 6.82. The highest BCUT2D eigenvalue weighted by Gasteiger charge is 2.36. The number of nitrogens with zero attached hydrogens (tertiary/aromatic N) is 2. The maximum atomic E-state index is 12.3. The first-order valence-electron chi connectivity index (χ1n) is 8.72. The van der Waals surface area contributed by atoms with Crippen LogP contribution in [0.3, 0.4) is 0 Å². The summed E-state index contributed by atoms with van der Waals surface area (Å²) in [4.78, 5) is 14.8. The van der Waals surface area contributed by atoms with Gasteiger partial charge in [0.1, 0.15) is 5.69 Å². The minimum Gasteiger partial charge on any atom is -0.349 e. The molecule has 1 aromatic heterocycles. The zero-order chi connectivity index (χ0) is 17.0. The molecular weight excluding hydrogens is 300 g/mol. The number of nitrogens with one attached hydrogen (secondary N) is 2. The lowest BCUT2D eigenvalue weighted by Gasteiger charge is -2.35. The molecule has 0 radical (unpaired) electrons. The fourth-order valence-corrected chi connectivity index (χ4v) is 3.37. The maximum Gasteiger partial charge on any atom is 0.271 e. The fourth-order valence-electron chi connectivity index (χ4n) is 3.37. The van der Waals surface area contributed by atoms with Crippen LogP contribution in [0, 0.1) is 0 Å². The zero-order valence-corrected chi connectivity index (χ0v) is 14.5. The minimum absolute atomic E-state index is 0.00457. The highest BCUT2D eigenvalue weighted by atomic mass is 16.1. The molecule has 5 heteroatoms. The molecule has 1 aliphatic rings. The van der Waals surface area contributed by atoms with Crippen LogP contribution in [-0.4, -0.2) is 39.6 Å². The Morgan fingerprint density at radius 3 is 2.88 bits per heavy atom. The number of carbonyl (C=O) groups excluding carboxylic acids is 1. The van der Waals surface area contributed by atoms with E-state index >= 15 is 0 Å². The molecule has 2 N–H and O–H groups in total. The molecule has 0 spiro atoms. The van der Waals surface area contributed by atoms with Crippen molar-refractivity contribution < 1.29 is 4.79 Å². The third-order valence-corrected chi connectivity index (χ3v) is 5.00. The van der Waals surface area contributed by atoms with Gasteiger partial charge in [-0.25, -0.2) is 0 Å². The van der Waals surface area contributed by atoms with Gasteiger partial charge in [-0.15, -0.1) is 0 Å². The number of H-pyrrole nitrogens is 1. The maximum absolute atomic E-state index is 12.3. The highest BCUT2D eigenvalue weighted by molar-refractivity contribution is 5.92. The van der Waals surface area contributed by atoms with Crippen molar-refractivity contribution in [2.45, 2.75) is 45.2 Å². The first-order chi connectivity index (χ1) is 11.6. The number of benzene rings is 1. The highest BCUT2D eigenvalue weighted by Crippen LogP contribution is 2.30. The van der Waals surface area contributed by atoms with Crippen molar-refractivity contribution >= 4 is 5.91 Å². The van der Waals surface area contributed by atoms with E-state index in [1.54, 1.807) is 0 Å². The van der Waals surface area contributed by atoms with Crippen LogP contribution < -0.4 is 5.32 Å². The van der Waals surface area contributed by atoms with Gasteiger partial charge in [-0.1, -0.05) is 37.3 Å². The van der Waals surface area contributed by atoms with Crippen molar-refractivity contribution in [3.63, 3.8) is 0 Å². The molecule has 1 aromatic carbocycles. The Kier molecular flexibility index (Phi) is 5.00. The molecule has 1 saturated heterocycles. The van der Waals surface area contributed by atoms with Crippen LogP contribution in [0.2, 0.25) is 0 Å². The molecule has 24 heavy (non-hydrogen) atoms. The van der Waals surface area contributed by atoms with Crippen molar-refractivity contribution in [1.82, 2.24) is 20.4 Å². The van der Waals surface area contributed by atoms with Crippen LogP contribution in [0.5, 0.6) is 0 Å². The zero-order valence-electron chi connectivity index (χ0n) is 14.5. The number of rotatable bonds is 6. The van der Waals surface area contributed by atoms with Crippen molar-refractivity contribution in [1.29, 1.82) is 0 Å². The van der Waals surface area contributed by atoms with Crippen LogP contribution in [0.4, 0.5) is 0 Å². The molecule has 0 saturated carbocycles. The second-order valence-corrected chi connectivity index (χ2v) is 6.82. The van der Waals surface area contributed by atoms with Crippen molar-refractivity contribution in [3.05, 3.63) is 53.3 Å². The summed E-state index contributed by atoms with van der Waals surface area (Å²) in [5.74, 6) is -0.0984. The van der Waals surface area contributed by atoms with Crippen LogP contribution in [0.15, 0.2) is 36.4 Å². The van der Waals surface area contributed by atoms with Gasteiger partial charge in [-0.05, 0) is 44.4 Å². The van der Waals surface area contributed by atoms with Gasteiger partial charge >= 0.3 is 0 Å². The summed E-state index contributed by atoms with van der Waals surface area (Å²) in [6.45, 7) is 6.92. The lowest BCUT2D eigenvalue weighted by molar-refractivity contribution is 0.0892. The number of aryl methyl sites for hydroxylation is 1. The lowest BCUT2D eigenvalue weighted by Crippen LogP contribution is -2.49. The Bertz CT molecular complexity index is 682. The summed E-state index contributed by atoms with van der Waals surface area (Å²) in [5.41, 5.74) is 2.77. The molecule has 1 atom stereocenters. The molecule has 0 aliphatic carbocycles. The summed E-state index contributed by atoms with van der Waals surface area (Å²) in [7, 11) is 0. The molecule has 1 amide bonds. The summed E-state index contributed by atoms with van der Waals surface area (Å²) >= 11 is 0. The Balaban J connectivity index is 1.61. The number of hydrogen-bond donors (Lipinski definition) is 2. The molecule has 5 nitrogen and oxygen atoms in total. The Labute approximate surface area is 143 Å². The predicted molar refractivity (Wildman–Crippen MR) is 94.8 cm³/mol. The van der Waals surface area contributed by atoms with E-state index in [0.29, 0.717) is 12.2 Å². The van der Waals surface area contributed by atoms with Gasteiger partial charge in [0, 0.05) is 24.3 Å². The van der Waals surface area contributed by atoms with Crippen LogP contribution in [-0.2, 0) is 13.0 Å². The molecule has 3 rings (SSSR count). The summed E-state index contributed by atoms with van der Waals surface area (Å²) < 4.78 is 0. The summed E-state index contributed by atoms with van der Waals surface area (Å²) in [6, 6.07) is 12.3. The van der Waals surface area contributed by atoms with Gasteiger partial charge in [0.2, 0.25) is 0 Å². The topological polar surface area (TPSA) is 61.0 Å². The van der Waals surface area contributed by atoms with E-state index in [4.69, 9.17) is 0 Å². The van der Waals surface area contributed by atoms with E-state index in [1.807, 2.05) is 19.1 Å². The monoisotopic (exact) mass is 326 g/mol. The van der Waals surface area contributed by atoms with Gasteiger partial charge in [0.05, 0.1) is 0 Å². The number of amides is 1. The Morgan fingerprint density at radius 1 is 1.38 bits per heavy atom. The van der Waals surface area contributed by atoms with Gasteiger partial charge in [-0.3, -0.25) is 14.8 Å². The van der Waals surface area contributed by atoms with E-state index in [1.165, 1.54) is 12.0 Å². The number of aromatic nitrogens is 2. The average Bonchev–Trinajstić information content (AvgIpc) is 3.22. The third kappa shape index (κ3) is 3.67. The van der Waals surface area contributed by atoms with Crippen LogP contribution in [0.25, 0.3) is 0 Å². The van der Waals surface area contributed by atoms with E-state index in [9.17, 15) is 4.79 Å². The summed E-state index contributed by atoms with van der Waals surface area (Å²) in [6.07, 6.45) is 3.12. The SMILES string of the molecule is CCc1cc(C(=O)NC[C@@]2(C)CCCN2Cc2ccccc2)n[nH]1. The van der Waals surface area contributed by atoms with Gasteiger partial charge in [0.15, 0.2) is 0 Å². The van der Waals surface area contributed by atoms with E-state index in [0.717, 1.165) is 31.6 Å². The van der Waals surface area contributed by atoms with Crippen molar-refractivity contribution in [2.75, 3.05) is 13.1 Å². The normalized spacial score (nSPS) is 21.1. The first kappa shape index (κ1) is 16.7.